The van der Waals surface area contributed by atoms with E-state index in [2.05, 4.69) is 20.5 Å². The molecule has 1 aliphatic heterocycles. The highest BCUT2D eigenvalue weighted by Gasteiger charge is 2.26. The zero-order valence-electron chi connectivity index (χ0n) is 13.5. The van der Waals surface area contributed by atoms with E-state index in [-0.39, 0.29) is 5.91 Å². The molecule has 1 unspecified atom stereocenters. The molecule has 8 heteroatoms. The van der Waals surface area contributed by atoms with Crippen LogP contribution in [-0.2, 0) is 9.53 Å². The molecule has 8 nitrogen and oxygen atoms in total. The number of pyridine rings is 1. The third-order valence-corrected chi connectivity index (χ3v) is 4.07. The smallest absolute Gasteiger partial charge is 0.345 e. The molecule has 1 atom stereocenters. The van der Waals surface area contributed by atoms with E-state index in [1.807, 2.05) is 6.07 Å². The lowest BCUT2D eigenvalue weighted by atomic mass is 10.1. The van der Waals surface area contributed by atoms with Crippen LogP contribution in [0.5, 0.6) is 0 Å². The molecule has 1 amide bonds. The molecule has 3 N–H and O–H groups in total. The zero-order valence-corrected chi connectivity index (χ0v) is 13.5. The molecular formula is C18H14N4O4. The summed E-state index contributed by atoms with van der Waals surface area (Å²) in [4.78, 5) is 27.3. The van der Waals surface area contributed by atoms with Gasteiger partial charge in [0.25, 0.3) is 5.91 Å². The summed E-state index contributed by atoms with van der Waals surface area (Å²) in [6.07, 6.45) is 4.26. The van der Waals surface area contributed by atoms with Gasteiger partial charge in [-0.1, -0.05) is 0 Å². The number of carbonyl (C=O) groups excluding carboxylic acids is 1. The molecule has 0 saturated heterocycles. The lowest BCUT2D eigenvalue weighted by Crippen LogP contribution is -2.18. The van der Waals surface area contributed by atoms with Crippen molar-refractivity contribution in [2.24, 2.45) is 0 Å². The van der Waals surface area contributed by atoms with E-state index < -0.39 is 12.1 Å². The van der Waals surface area contributed by atoms with E-state index in [0.717, 1.165) is 11.1 Å². The number of anilines is 1. The first-order valence-corrected chi connectivity index (χ1v) is 7.91. The summed E-state index contributed by atoms with van der Waals surface area (Å²) in [6, 6.07) is 8.75. The number of ether oxygens (including phenoxy) is 1. The van der Waals surface area contributed by atoms with Crippen molar-refractivity contribution in [3.63, 3.8) is 0 Å². The number of fused-ring (bicyclic) bond motifs is 1. The van der Waals surface area contributed by atoms with Crippen molar-refractivity contribution in [1.82, 2.24) is 15.2 Å². The molecule has 0 spiro atoms. The minimum Gasteiger partial charge on any atom is -0.478 e. The van der Waals surface area contributed by atoms with Crippen LogP contribution in [0.4, 0.5) is 5.82 Å². The molecule has 0 radical (unpaired) electrons. The molecule has 26 heavy (non-hydrogen) atoms. The van der Waals surface area contributed by atoms with Gasteiger partial charge < -0.3 is 15.2 Å². The number of aromatic amines is 1. The first kappa shape index (κ1) is 15.8. The first-order chi connectivity index (χ1) is 12.6. The summed E-state index contributed by atoms with van der Waals surface area (Å²) < 4.78 is 5.46. The Morgan fingerprint density at radius 1 is 1.31 bits per heavy atom. The van der Waals surface area contributed by atoms with Crippen LogP contribution in [0.2, 0.25) is 0 Å². The number of aromatic nitrogens is 3. The number of hydrogen-bond donors (Lipinski definition) is 3. The van der Waals surface area contributed by atoms with Gasteiger partial charge in [0, 0.05) is 29.8 Å². The number of carboxylic acid groups (broad SMARTS) is 1. The second kappa shape index (κ2) is 6.32. The fraction of sp³-hybridized carbons (Fsp3) is 0.111. The lowest BCUT2D eigenvalue weighted by Gasteiger charge is -2.09. The van der Waals surface area contributed by atoms with Crippen LogP contribution < -0.4 is 5.32 Å². The highest BCUT2D eigenvalue weighted by Crippen LogP contribution is 2.30. The number of amides is 1. The molecule has 2 aromatic heterocycles. The minimum atomic E-state index is -0.995. The quantitative estimate of drug-likeness (QED) is 0.665. The van der Waals surface area contributed by atoms with E-state index in [0.29, 0.717) is 28.9 Å². The van der Waals surface area contributed by atoms with Gasteiger partial charge in [0.05, 0.1) is 11.1 Å². The maximum absolute atomic E-state index is 12.3. The van der Waals surface area contributed by atoms with Crippen molar-refractivity contribution in [2.45, 2.75) is 12.5 Å². The molecule has 1 aromatic carbocycles. The predicted molar refractivity (Wildman–Crippen MR) is 93.4 cm³/mol. The topological polar surface area (TPSA) is 117 Å². The standard InChI is InChI=1S/C18H14N4O4/c23-17(11-2-1-7-19-9-11)20-16-12-8-10(3-4-13(12)21-22-16)14-5-6-15(26-14)18(24)25/h1-5,7-9,15H,6H2,(H,24,25)(H2,20,21,22,23). The van der Waals surface area contributed by atoms with Crippen molar-refractivity contribution in [3.05, 3.63) is 59.9 Å². The van der Waals surface area contributed by atoms with Gasteiger partial charge in [-0.2, -0.15) is 5.10 Å². The number of aliphatic carboxylic acids is 1. The summed E-state index contributed by atoms with van der Waals surface area (Å²) in [5.41, 5.74) is 1.88. The van der Waals surface area contributed by atoms with Crippen molar-refractivity contribution < 1.29 is 19.4 Å². The molecular weight excluding hydrogens is 336 g/mol. The van der Waals surface area contributed by atoms with Gasteiger partial charge in [-0.25, -0.2) is 4.79 Å². The van der Waals surface area contributed by atoms with E-state index in [4.69, 9.17) is 9.84 Å². The van der Waals surface area contributed by atoms with Gasteiger partial charge in [-0.05, 0) is 36.4 Å². The van der Waals surface area contributed by atoms with E-state index >= 15 is 0 Å². The molecule has 0 saturated carbocycles. The minimum absolute atomic E-state index is 0.318. The first-order valence-electron chi connectivity index (χ1n) is 7.91. The largest absolute Gasteiger partial charge is 0.478 e. The molecule has 1 aliphatic rings. The fourth-order valence-corrected chi connectivity index (χ4v) is 2.74. The Morgan fingerprint density at radius 3 is 2.92 bits per heavy atom. The van der Waals surface area contributed by atoms with Crippen molar-refractivity contribution in [3.8, 4) is 0 Å². The Balaban J connectivity index is 1.61. The van der Waals surface area contributed by atoms with E-state index in [1.54, 1.807) is 36.5 Å². The maximum Gasteiger partial charge on any atom is 0.345 e. The van der Waals surface area contributed by atoms with Crippen LogP contribution in [0.25, 0.3) is 16.7 Å². The van der Waals surface area contributed by atoms with Gasteiger partial charge in [0.15, 0.2) is 11.9 Å². The highest BCUT2D eigenvalue weighted by molar-refractivity contribution is 6.08. The van der Waals surface area contributed by atoms with Crippen LogP contribution in [0.3, 0.4) is 0 Å². The normalized spacial score (nSPS) is 16.2. The maximum atomic E-state index is 12.3. The summed E-state index contributed by atoms with van der Waals surface area (Å²) in [6.45, 7) is 0. The Bertz CT molecular complexity index is 1030. The number of carbonyl (C=O) groups is 2. The van der Waals surface area contributed by atoms with Crippen LogP contribution >= 0.6 is 0 Å². The molecule has 3 heterocycles. The number of benzene rings is 1. The number of hydrogen-bond acceptors (Lipinski definition) is 5. The second-order valence-electron chi connectivity index (χ2n) is 5.78. The second-order valence-corrected chi connectivity index (χ2v) is 5.78. The summed E-state index contributed by atoms with van der Waals surface area (Å²) in [5, 5.41) is 19.5. The average Bonchev–Trinajstić information content (AvgIpc) is 3.30. The summed E-state index contributed by atoms with van der Waals surface area (Å²) >= 11 is 0. The van der Waals surface area contributed by atoms with Crippen LogP contribution in [0.15, 0.2) is 48.8 Å². The SMILES string of the molecule is O=C(Nc1n[nH]c2ccc(C3=CCC(C(=O)O)O3)cc12)c1cccnc1. The molecule has 4 rings (SSSR count). The number of nitrogens with one attached hydrogen (secondary N) is 2. The van der Waals surface area contributed by atoms with Crippen LogP contribution in [-0.4, -0.2) is 38.3 Å². The number of rotatable bonds is 4. The Hall–Kier alpha value is -3.68. The molecule has 3 aromatic rings. The van der Waals surface area contributed by atoms with Gasteiger partial charge >= 0.3 is 5.97 Å². The monoisotopic (exact) mass is 350 g/mol. The van der Waals surface area contributed by atoms with Crippen LogP contribution in [0.1, 0.15) is 22.3 Å². The van der Waals surface area contributed by atoms with Crippen LogP contribution in [0, 0.1) is 0 Å². The van der Waals surface area contributed by atoms with Crippen molar-refractivity contribution in [2.75, 3.05) is 5.32 Å². The number of carboxylic acids is 1. The predicted octanol–water partition coefficient (Wildman–Crippen LogP) is 2.42. The third-order valence-electron chi connectivity index (χ3n) is 4.07. The van der Waals surface area contributed by atoms with Crippen molar-refractivity contribution in [1.29, 1.82) is 0 Å². The molecule has 0 aliphatic carbocycles. The van der Waals surface area contributed by atoms with E-state index in [1.165, 1.54) is 6.20 Å². The fourth-order valence-electron chi connectivity index (χ4n) is 2.74. The van der Waals surface area contributed by atoms with Gasteiger partial charge in [-0.15, -0.1) is 0 Å². The Kier molecular flexibility index (Phi) is 3.85. The molecule has 0 fully saturated rings. The Labute approximate surface area is 147 Å². The summed E-state index contributed by atoms with van der Waals surface area (Å²) in [7, 11) is 0. The molecule has 0 bridgehead atoms. The van der Waals surface area contributed by atoms with Gasteiger partial charge in [0.2, 0.25) is 0 Å². The van der Waals surface area contributed by atoms with Crippen molar-refractivity contribution >= 4 is 34.4 Å². The highest BCUT2D eigenvalue weighted by atomic mass is 16.5. The van der Waals surface area contributed by atoms with Gasteiger partial charge in [-0.3, -0.25) is 14.9 Å². The zero-order chi connectivity index (χ0) is 18.1. The number of nitrogens with zero attached hydrogens (tertiary/aromatic N) is 2. The van der Waals surface area contributed by atoms with E-state index in [9.17, 15) is 9.59 Å². The number of H-pyrrole nitrogens is 1. The molecule has 130 valence electrons. The Morgan fingerprint density at radius 2 is 2.19 bits per heavy atom. The lowest BCUT2D eigenvalue weighted by molar-refractivity contribution is -0.145. The average molecular weight is 350 g/mol. The van der Waals surface area contributed by atoms with Gasteiger partial charge in [0.1, 0.15) is 5.76 Å². The third kappa shape index (κ3) is 2.88. The summed E-state index contributed by atoms with van der Waals surface area (Å²) in [5.74, 6) is -0.432.